The van der Waals surface area contributed by atoms with Gasteiger partial charge in [-0.15, -0.1) is 0 Å². The summed E-state index contributed by atoms with van der Waals surface area (Å²) in [7, 11) is 0. The van der Waals surface area contributed by atoms with Crippen LogP contribution in [0.2, 0.25) is 0 Å². The summed E-state index contributed by atoms with van der Waals surface area (Å²) in [4.78, 5) is 37.1. The van der Waals surface area contributed by atoms with Gasteiger partial charge in [-0.2, -0.15) is 0 Å². The quantitative estimate of drug-likeness (QED) is 0.685. The molecular weight excluding hydrogens is 210 g/mol. The van der Waals surface area contributed by atoms with Gasteiger partial charge in [-0.3, -0.25) is 4.79 Å². The highest BCUT2D eigenvalue weighted by atomic mass is 16.2. The summed E-state index contributed by atoms with van der Waals surface area (Å²) < 4.78 is 0. The zero-order valence-electron chi connectivity index (χ0n) is 9.23. The smallest absolute Gasteiger partial charge is 0.328 e. The van der Waals surface area contributed by atoms with Gasteiger partial charge < -0.3 is 10.2 Å². The zero-order chi connectivity index (χ0) is 11.7. The Morgan fingerprint density at radius 2 is 2.12 bits per heavy atom. The van der Waals surface area contributed by atoms with Gasteiger partial charge in [0.15, 0.2) is 0 Å². The van der Waals surface area contributed by atoms with Crippen molar-refractivity contribution >= 4 is 17.8 Å². The van der Waals surface area contributed by atoms with Crippen molar-refractivity contribution in [1.82, 2.24) is 15.1 Å². The van der Waals surface area contributed by atoms with Crippen molar-refractivity contribution in [1.29, 1.82) is 0 Å². The van der Waals surface area contributed by atoms with E-state index in [2.05, 4.69) is 5.32 Å². The number of carbonyl (C=O) groups is 3. The standard InChI is InChI=1S/C10H15N3O3/c1-7(14)8-2-4-12(6-8)10(16)13-5-3-11-9(13)15/h8H,2-6H2,1H3,(H,11,15). The van der Waals surface area contributed by atoms with E-state index in [1.165, 1.54) is 4.90 Å². The van der Waals surface area contributed by atoms with Gasteiger partial charge in [-0.1, -0.05) is 0 Å². The number of carbonyl (C=O) groups excluding carboxylic acids is 3. The van der Waals surface area contributed by atoms with Crippen molar-refractivity contribution in [3.05, 3.63) is 0 Å². The highest BCUT2D eigenvalue weighted by Gasteiger charge is 2.35. The summed E-state index contributed by atoms with van der Waals surface area (Å²) in [6, 6.07) is -0.616. The van der Waals surface area contributed by atoms with Crippen LogP contribution < -0.4 is 5.32 Å². The van der Waals surface area contributed by atoms with Crippen molar-refractivity contribution in [2.24, 2.45) is 5.92 Å². The average molecular weight is 225 g/mol. The summed E-state index contributed by atoms with van der Waals surface area (Å²) in [5, 5.41) is 2.58. The third kappa shape index (κ3) is 1.87. The van der Waals surface area contributed by atoms with E-state index in [4.69, 9.17) is 0 Å². The molecule has 0 aromatic heterocycles. The van der Waals surface area contributed by atoms with Crippen molar-refractivity contribution < 1.29 is 14.4 Å². The van der Waals surface area contributed by atoms with Crippen LogP contribution in [-0.2, 0) is 4.79 Å². The van der Waals surface area contributed by atoms with Gasteiger partial charge >= 0.3 is 12.1 Å². The summed E-state index contributed by atoms with van der Waals surface area (Å²) in [5.41, 5.74) is 0. The first-order valence-electron chi connectivity index (χ1n) is 5.44. The maximum Gasteiger partial charge on any atom is 0.328 e. The normalized spacial score (nSPS) is 24.8. The molecule has 0 saturated carbocycles. The van der Waals surface area contributed by atoms with Crippen LogP contribution in [0, 0.1) is 5.92 Å². The molecule has 0 aliphatic carbocycles. The predicted octanol–water partition coefficient (Wildman–Crippen LogP) is 0.0425. The van der Waals surface area contributed by atoms with E-state index < -0.39 is 0 Å². The Bertz CT molecular complexity index is 342. The molecule has 6 nitrogen and oxygen atoms in total. The topological polar surface area (TPSA) is 69.7 Å². The van der Waals surface area contributed by atoms with E-state index >= 15 is 0 Å². The Labute approximate surface area is 93.6 Å². The number of imide groups is 1. The molecule has 88 valence electrons. The van der Waals surface area contributed by atoms with E-state index in [-0.39, 0.29) is 23.8 Å². The van der Waals surface area contributed by atoms with Crippen molar-refractivity contribution in [3.8, 4) is 0 Å². The monoisotopic (exact) mass is 225 g/mol. The van der Waals surface area contributed by atoms with Crippen molar-refractivity contribution in [3.63, 3.8) is 0 Å². The maximum atomic E-state index is 11.9. The van der Waals surface area contributed by atoms with E-state index in [0.29, 0.717) is 32.6 Å². The molecule has 2 rings (SSSR count). The lowest BCUT2D eigenvalue weighted by Gasteiger charge is -2.21. The average Bonchev–Trinajstić information content (AvgIpc) is 2.84. The summed E-state index contributed by atoms with van der Waals surface area (Å²) >= 11 is 0. The van der Waals surface area contributed by atoms with E-state index in [9.17, 15) is 14.4 Å². The first kappa shape index (κ1) is 10.9. The molecule has 0 bridgehead atoms. The molecule has 1 unspecified atom stereocenters. The van der Waals surface area contributed by atoms with Gasteiger partial charge in [-0.05, 0) is 13.3 Å². The number of hydrogen-bond acceptors (Lipinski definition) is 3. The van der Waals surface area contributed by atoms with Crippen LogP contribution in [0.3, 0.4) is 0 Å². The van der Waals surface area contributed by atoms with E-state index in [0.717, 1.165) is 0 Å². The van der Waals surface area contributed by atoms with Gasteiger partial charge in [0.25, 0.3) is 0 Å². The molecule has 2 heterocycles. The summed E-state index contributed by atoms with van der Waals surface area (Å²) in [5.74, 6) is 0.0517. The van der Waals surface area contributed by atoms with Crippen LogP contribution in [0.4, 0.5) is 9.59 Å². The van der Waals surface area contributed by atoms with Crippen LogP contribution in [0.25, 0.3) is 0 Å². The van der Waals surface area contributed by atoms with Crippen LogP contribution in [0.5, 0.6) is 0 Å². The third-order valence-electron chi connectivity index (χ3n) is 3.12. The van der Waals surface area contributed by atoms with Crippen LogP contribution in [-0.4, -0.2) is 53.8 Å². The highest BCUT2D eigenvalue weighted by molar-refractivity contribution is 5.95. The van der Waals surface area contributed by atoms with E-state index in [1.807, 2.05) is 0 Å². The molecule has 2 saturated heterocycles. The molecule has 1 N–H and O–H groups in total. The molecular formula is C10H15N3O3. The van der Waals surface area contributed by atoms with Crippen LogP contribution >= 0.6 is 0 Å². The molecule has 0 aromatic rings. The highest BCUT2D eigenvalue weighted by Crippen LogP contribution is 2.19. The first-order chi connectivity index (χ1) is 7.59. The van der Waals surface area contributed by atoms with E-state index in [1.54, 1.807) is 11.8 Å². The predicted molar refractivity (Wildman–Crippen MR) is 55.9 cm³/mol. The fourth-order valence-electron chi connectivity index (χ4n) is 2.09. The Balaban J connectivity index is 1.96. The van der Waals surface area contributed by atoms with Crippen LogP contribution in [0.1, 0.15) is 13.3 Å². The lowest BCUT2D eigenvalue weighted by molar-refractivity contribution is -0.120. The summed E-state index contributed by atoms with van der Waals surface area (Å²) in [6.07, 6.45) is 0.705. The molecule has 6 heteroatoms. The second kappa shape index (κ2) is 4.11. The Morgan fingerprint density at radius 1 is 1.38 bits per heavy atom. The zero-order valence-corrected chi connectivity index (χ0v) is 9.23. The first-order valence-corrected chi connectivity index (χ1v) is 5.44. The molecule has 0 radical (unpaired) electrons. The lowest BCUT2D eigenvalue weighted by Crippen LogP contribution is -2.43. The number of nitrogens with zero attached hydrogens (tertiary/aromatic N) is 2. The largest absolute Gasteiger partial charge is 0.336 e. The second-order valence-electron chi connectivity index (χ2n) is 4.21. The molecule has 16 heavy (non-hydrogen) atoms. The summed E-state index contributed by atoms with van der Waals surface area (Å²) in [6.45, 7) is 3.47. The number of ketones is 1. The third-order valence-corrected chi connectivity index (χ3v) is 3.12. The number of likely N-dealkylation sites (tertiary alicyclic amines) is 1. The van der Waals surface area contributed by atoms with Gasteiger partial charge in [0.1, 0.15) is 5.78 Å². The Hall–Kier alpha value is -1.59. The molecule has 1 atom stereocenters. The SMILES string of the molecule is CC(=O)C1CCN(C(=O)N2CCNC2=O)C1. The Morgan fingerprint density at radius 3 is 2.62 bits per heavy atom. The van der Waals surface area contributed by atoms with Crippen molar-refractivity contribution in [2.75, 3.05) is 26.2 Å². The number of nitrogens with one attached hydrogen (secondary N) is 1. The molecule has 0 spiro atoms. The molecule has 2 aliphatic heterocycles. The molecule has 4 amide bonds. The molecule has 2 fully saturated rings. The second-order valence-corrected chi connectivity index (χ2v) is 4.21. The molecule has 0 aromatic carbocycles. The Kier molecular flexibility index (Phi) is 2.80. The minimum Gasteiger partial charge on any atom is -0.336 e. The van der Waals surface area contributed by atoms with Gasteiger partial charge in [0.05, 0.1) is 0 Å². The van der Waals surface area contributed by atoms with Crippen LogP contribution in [0.15, 0.2) is 0 Å². The number of hydrogen-bond donors (Lipinski definition) is 1. The maximum absolute atomic E-state index is 11.9. The fraction of sp³-hybridized carbons (Fsp3) is 0.700. The lowest BCUT2D eigenvalue weighted by atomic mass is 10.1. The van der Waals surface area contributed by atoms with Gasteiger partial charge in [0.2, 0.25) is 0 Å². The number of rotatable bonds is 1. The number of urea groups is 2. The minimum absolute atomic E-state index is 0.0605. The molecule has 2 aliphatic rings. The van der Waals surface area contributed by atoms with Crippen molar-refractivity contribution in [2.45, 2.75) is 13.3 Å². The minimum atomic E-state index is -0.337. The van der Waals surface area contributed by atoms with Gasteiger partial charge in [0, 0.05) is 32.1 Å². The number of amides is 4. The van der Waals surface area contributed by atoms with Gasteiger partial charge in [-0.25, -0.2) is 14.5 Å². The number of Topliss-reactive ketones (excluding diaryl/α,β-unsaturated/α-hetero) is 1. The fourth-order valence-corrected chi connectivity index (χ4v) is 2.09.